The van der Waals surface area contributed by atoms with Crippen molar-refractivity contribution in [2.45, 2.75) is 46.0 Å². The first-order chi connectivity index (χ1) is 9.69. The van der Waals surface area contributed by atoms with Gasteiger partial charge in [-0.25, -0.2) is 15.8 Å². The summed E-state index contributed by atoms with van der Waals surface area (Å²) < 4.78 is 0. The third kappa shape index (κ3) is 2.43. The van der Waals surface area contributed by atoms with Gasteiger partial charge in [0.25, 0.3) is 0 Å². The number of nitrogens with zero attached hydrogens (tertiary/aromatic N) is 2. The highest BCUT2D eigenvalue weighted by molar-refractivity contribution is 7.12. The van der Waals surface area contributed by atoms with Gasteiger partial charge in [0.1, 0.15) is 5.82 Å². The minimum Gasteiger partial charge on any atom is -0.308 e. The number of hydrazine groups is 1. The topological polar surface area (TPSA) is 63.8 Å². The maximum Gasteiger partial charge on any atom is 0.162 e. The molecule has 0 aromatic carbocycles. The Kier molecular flexibility index (Phi) is 3.72. The van der Waals surface area contributed by atoms with E-state index in [-0.39, 0.29) is 0 Å². The zero-order chi connectivity index (χ0) is 14.1. The molecule has 2 aromatic heterocycles. The summed E-state index contributed by atoms with van der Waals surface area (Å²) in [5.74, 6) is 7.28. The normalized spacial score (nSPS) is 14.8. The molecule has 2 aromatic rings. The molecule has 0 saturated carbocycles. The molecule has 2 heterocycles. The predicted molar refractivity (Wildman–Crippen MR) is 83.9 cm³/mol. The Balaban J connectivity index is 2.13. The SMILES string of the molecule is Cc1cc(-c2nc3c(c(NN)n2)CCCCC3)c(C)s1. The van der Waals surface area contributed by atoms with Crippen LogP contribution in [0.15, 0.2) is 6.07 Å². The maximum absolute atomic E-state index is 5.68. The molecule has 0 radical (unpaired) electrons. The van der Waals surface area contributed by atoms with Crippen molar-refractivity contribution in [3.63, 3.8) is 0 Å². The van der Waals surface area contributed by atoms with E-state index in [0.717, 1.165) is 30.0 Å². The quantitative estimate of drug-likeness (QED) is 0.505. The number of hydrogen-bond acceptors (Lipinski definition) is 5. The van der Waals surface area contributed by atoms with Gasteiger partial charge in [-0.3, -0.25) is 0 Å². The number of aromatic nitrogens is 2. The first-order valence-corrected chi connectivity index (χ1v) is 7.94. The lowest BCUT2D eigenvalue weighted by molar-refractivity contribution is 0.709. The minimum absolute atomic E-state index is 0.801. The number of nitrogens with two attached hydrogens (primary N) is 1. The Bertz CT molecular complexity index is 633. The molecule has 0 unspecified atom stereocenters. The van der Waals surface area contributed by atoms with Crippen LogP contribution in [0.3, 0.4) is 0 Å². The monoisotopic (exact) mass is 288 g/mol. The molecule has 106 valence electrons. The lowest BCUT2D eigenvalue weighted by Crippen LogP contribution is -2.14. The van der Waals surface area contributed by atoms with Crippen LogP contribution in [0, 0.1) is 13.8 Å². The molecule has 3 N–H and O–H groups in total. The van der Waals surface area contributed by atoms with E-state index in [9.17, 15) is 0 Å². The van der Waals surface area contributed by atoms with Crippen molar-refractivity contribution in [1.82, 2.24) is 9.97 Å². The lowest BCUT2D eigenvalue weighted by atomic mass is 10.1. The van der Waals surface area contributed by atoms with Crippen LogP contribution in [0.1, 0.15) is 40.3 Å². The van der Waals surface area contributed by atoms with Gasteiger partial charge in [-0.15, -0.1) is 11.3 Å². The van der Waals surface area contributed by atoms with Gasteiger partial charge in [-0.05, 0) is 45.6 Å². The van der Waals surface area contributed by atoms with E-state index in [4.69, 9.17) is 10.8 Å². The first-order valence-electron chi connectivity index (χ1n) is 7.13. The van der Waals surface area contributed by atoms with E-state index in [2.05, 4.69) is 30.3 Å². The van der Waals surface area contributed by atoms with Crippen LogP contribution in [0.4, 0.5) is 5.82 Å². The maximum atomic E-state index is 5.68. The Hall–Kier alpha value is -1.46. The van der Waals surface area contributed by atoms with E-state index in [0.29, 0.717) is 0 Å². The van der Waals surface area contributed by atoms with Crippen LogP contribution < -0.4 is 11.3 Å². The van der Waals surface area contributed by atoms with Crippen LogP contribution >= 0.6 is 11.3 Å². The minimum atomic E-state index is 0.801. The van der Waals surface area contributed by atoms with Gasteiger partial charge in [-0.2, -0.15) is 0 Å². The summed E-state index contributed by atoms with van der Waals surface area (Å²) in [5.41, 5.74) is 6.28. The molecule has 0 bridgehead atoms. The van der Waals surface area contributed by atoms with E-state index < -0.39 is 0 Å². The van der Waals surface area contributed by atoms with Crippen molar-refractivity contribution in [3.8, 4) is 11.4 Å². The molecule has 0 amide bonds. The summed E-state index contributed by atoms with van der Waals surface area (Å²) in [6.45, 7) is 4.24. The second-order valence-corrected chi connectivity index (χ2v) is 6.81. The van der Waals surface area contributed by atoms with E-state index in [1.165, 1.54) is 40.3 Å². The van der Waals surface area contributed by atoms with Gasteiger partial charge < -0.3 is 5.43 Å². The van der Waals surface area contributed by atoms with Crippen molar-refractivity contribution in [2.24, 2.45) is 5.84 Å². The van der Waals surface area contributed by atoms with Gasteiger partial charge >= 0.3 is 0 Å². The third-order valence-electron chi connectivity index (χ3n) is 3.85. The Morgan fingerprint density at radius 3 is 2.65 bits per heavy atom. The Morgan fingerprint density at radius 2 is 1.95 bits per heavy atom. The number of rotatable bonds is 2. The molecule has 0 aliphatic heterocycles. The van der Waals surface area contributed by atoms with Gasteiger partial charge in [0.2, 0.25) is 0 Å². The van der Waals surface area contributed by atoms with Gasteiger partial charge in [-0.1, -0.05) is 6.42 Å². The number of nitrogens with one attached hydrogen (secondary N) is 1. The van der Waals surface area contributed by atoms with Crippen molar-refractivity contribution >= 4 is 17.2 Å². The largest absolute Gasteiger partial charge is 0.308 e. The molecule has 0 atom stereocenters. The van der Waals surface area contributed by atoms with Crippen molar-refractivity contribution < 1.29 is 0 Å². The number of nitrogen functional groups attached to an aromatic ring is 1. The van der Waals surface area contributed by atoms with E-state index in [1.807, 2.05) is 0 Å². The first kappa shape index (κ1) is 13.5. The molecular formula is C15H20N4S. The fourth-order valence-corrected chi connectivity index (χ4v) is 3.78. The van der Waals surface area contributed by atoms with Crippen LogP contribution in [0.2, 0.25) is 0 Å². The fourth-order valence-electron chi connectivity index (χ4n) is 2.86. The van der Waals surface area contributed by atoms with Crippen molar-refractivity contribution in [1.29, 1.82) is 0 Å². The number of fused-ring (bicyclic) bond motifs is 1. The van der Waals surface area contributed by atoms with E-state index >= 15 is 0 Å². The van der Waals surface area contributed by atoms with Crippen molar-refractivity contribution in [2.75, 3.05) is 5.43 Å². The number of anilines is 1. The Labute approximate surface area is 123 Å². The molecule has 1 aliphatic carbocycles. The highest BCUT2D eigenvalue weighted by Crippen LogP contribution is 2.32. The third-order valence-corrected chi connectivity index (χ3v) is 4.82. The van der Waals surface area contributed by atoms with Crippen LogP contribution in [0.5, 0.6) is 0 Å². The molecule has 0 fully saturated rings. The average Bonchev–Trinajstić information content (AvgIpc) is 2.65. The summed E-state index contributed by atoms with van der Waals surface area (Å²) in [4.78, 5) is 12.0. The molecule has 0 spiro atoms. The smallest absolute Gasteiger partial charge is 0.162 e. The zero-order valence-electron chi connectivity index (χ0n) is 12.0. The fraction of sp³-hybridized carbons (Fsp3) is 0.467. The number of aryl methyl sites for hydroxylation is 3. The number of hydrogen-bond donors (Lipinski definition) is 2. The average molecular weight is 288 g/mol. The zero-order valence-corrected chi connectivity index (χ0v) is 12.8. The summed E-state index contributed by atoms with van der Waals surface area (Å²) in [6, 6.07) is 2.17. The lowest BCUT2D eigenvalue weighted by Gasteiger charge is -2.12. The van der Waals surface area contributed by atoms with Gasteiger partial charge in [0.05, 0.1) is 0 Å². The van der Waals surface area contributed by atoms with Crippen LogP contribution in [-0.4, -0.2) is 9.97 Å². The number of thiophene rings is 1. The molecular weight excluding hydrogens is 268 g/mol. The predicted octanol–water partition coefficient (Wildman–Crippen LogP) is 3.38. The van der Waals surface area contributed by atoms with Crippen LogP contribution in [0.25, 0.3) is 11.4 Å². The van der Waals surface area contributed by atoms with Crippen LogP contribution in [-0.2, 0) is 12.8 Å². The summed E-state index contributed by atoms with van der Waals surface area (Å²) in [5, 5.41) is 0. The van der Waals surface area contributed by atoms with E-state index in [1.54, 1.807) is 11.3 Å². The van der Waals surface area contributed by atoms with Gasteiger partial charge in [0.15, 0.2) is 5.82 Å². The molecule has 20 heavy (non-hydrogen) atoms. The highest BCUT2D eigenvalue weighted by atomic mass is 32.1. The summed E-state index contributed by atoms with van der Waals surface area (Å²) >= 11 is 1.79. The standard InChI is InChI=1S/C15H20N4S/c1-9-8-12(10(2)20-9)14-17-13-7-5-3-4-6-11(13)15(18-14)19-16/h8H,3-7,16H2,1-2H3,(H,17,18,19). The van der Waals surface area contributed by atoms with Crippen molar-refractivity contribution in [3.05, 3.63) is 27.1 Å². The summed E-state index contributed by atoms with van der Waals surface area (Å²) in [6.07, 6.45) is 5.71. The summed E-state index contributed by atoms with van der Waals surface area (Å²) in [7, 11) is 0. The highest BCUT2D eigenvalue weighted by Gasteiger charge is 2.18. The second-order valence-electron chi connectivity index (χ2n) is 5.35. The molecule has 5 heteroatoms. The second kappa shape index (κ2) is 5.50. The molecule has 0 saturated heterocycles. The molecule has 3 rings (SSSR count). The Morgan fingerprint density at radius 1 is 1.15 bits per heavy atom. The molecule has 1 aliphatic rings. The van der Waals surface area contributed by atoms with Gasteiger partial charge in [0, 0.05) is 26.6 Å². The molecule has 4 nitrogen and oxygen atoms in total.